The fourth-order valence-electron chi connectivity index (χ4n) is 3.26. The van der Waals surface area contributed by atoms with E-state index < -0.39 is 11.6 Å². The van der Waals surface area contributed by atoms with Crippen LogP contribution in [0.3, 0.4) is 0 Å². The molecule has 3 rings (SSSR count). The topological polar surface area (TPSA) is 39.1 Å². The Labute approximate surface area is 147 Å². The Kier molecular flexibility index (Phi) is 6.02. The van der Waals surface area contributed by atoms with E-state index >= 15 is 0 Å². The molecule has 2 aromatic rings. The zero-order valence-corrected chi connectivity index (χ0v) is 14.6. The van der Waals surface area contributed by atoms with Crippen molar-refractivity contribution in [3.8, 4) is 5.88 Å². The van der Waals surface area contributed by atoms with Crippen molar-refractivity contribution in [3.63, 3.8) is 0 Å². The van der Waals surface area contributed by atoms with Crippen LogP contribution in [-0.2, 0) is 19.7 Å². The molecule has 6 heteroatoms. The van der Waals surface area contributed by atoms with Crippen molar-refractivity contribution in [2.45, 2.75) is 52.3 Å². The van der Waals surface area contributed by atoms with Crippen molar-refractivity contribution >= 4 is 0 Å². The highest BCUT2D eigenvalue weighted by Crippen LogP contribution is 2.28. The fourth-order valence-corrected chi connectivity index (χ4v) is 3.26. The number of nitrogens with zero attached hydrogens (tertiary/aromatic N) is 2. The Morgan fingerprint density at radius 1 is 1.24 bits per heavy atom. The van der Waals surface area contributed by atoms with Gasteiger partial charge < -0.3 is 10.1 Å². The quantitative estimate of drug-likeness (QED) is 0.782. The van der Waals surface area contributed by atoms with Crippen molar-refractivity contribution in [2.75, 3.05) is 6.54 Å². The maximum absolute atomic E-state index is 13.8. The van der Waals surface area contributed by atoms with Crippen molar-refractivity contribution in [1.29, 1.82) is 0 Å². The Hall–Kier alpha value is -1.95. The molecule has 0 unspecified atom stereocenters. The minimum absolute atomic E-state index is 0.0587. The van der Waals surface area contributed by atoms with Crippen LogP contribution in [0.2, 0.25) is 0 Å². The molecule has 1 aromatic heterocycles. The van der Waals surface area contributed by atoms with Gasteiger partial charge in [0.2, 0.25) is 5.88 Å². The summed E-state index contributed by atoms with van der Waals surface area (Å²) in [6, 6.07) is 5.44. The van der Waals surface area contributed by atoms with Gasteiger partial charge in [-0.05, 0) is 37.4 Å². The van der Waals surface area contributed by atoms with Gasteiger partial charge in [0.1, 0.15) is 18.2 Å². The minimum Gasteiger partial charge on any atom is -0.473 e. The fraction of sp³-hybridized carbons (Fsp3) is 0.526. The molecule has 0 atom stereocenters. The molecular weight excluding hydrogens is 324 g/mol. The second-order valence-corrected chi connectivity index (χ2v) is 6.61. The molecule has 0 saturated heterocycles. The smallest absolute Gasteiger partial charge is 0.212 e. The predicted molar refractivity (Wildman–Crippen MR) is 92.3 cm³/mol. The molecule has 4 nitrogen and oxygen atoms in total. The molecule has 0 bridgehead atoms. The first-order chi connectivity index (χ1) is 12.2. The van der Waals surface area contributed by atoms with Crippen molar-refractivity contribution in [1.82, 2.24) is 15.1 Å². The monoisotopic (exact) mass is 349 g/mol. The number of hydrogen-bond acceptors (Lipinski definition) is 3. The van der Waals surface area contributed by atoms with Crippen LogP contribution in [0, 0.1) is 17.6 Å². The first-order valence-electron chi connectivity index (χ1n) is 9.00. The van der Waals surface area contributed by atoms with Gasteiger partial charge in [-0.3, -0.25) is 0 Å². The lowest BCUT2D eigenvalue weighted by molar-refractivity contribution is 0.257. The molecule has 1 fully saturated rings. The summed E-state index contributed by atoms with van der Waals surface area (Å²) in [5.41, 5.74) is 1.25. The highest BCUT2D eigenvalue weighted by molar-refractivity contribution is 5.20. The number of hydrogen-bond donors (Lipinski definition) is 1. The zero-order valence-electron chi connectivity index (χ0n) is 14.6. The number of ether oxygens (including phenoxy) is 1. The molecule has 1 N–H and O–H groups in total. The molecule has 1 heterocycles. The van der Waals surface area contributed by atoms with E-state index in [0.717, 1.165) is 24.8 Å². The molecule has 25 heavy (non-hydrogen) atoms. The van der Waals surface area contributed by atoms with Gasteiger partial charge in [0.05, 0.1) is 5.69 Å². The van der Waals surface area contributed by atoms with E-state index in [-0.39, 0.29) is 6.61 Å². The summed E-state index contributed by atoms with van der Waals surface area (Å²) in [5, 5.41) is 7.89. The van der Waals surface area contributed by atoms with Crippen molar-refractivity contribution in [3.05, 3.63) is 47.2 Å². The van der Waals surface area contributed by atoms with Gasteiger partial charge in [0.25, 0.3) is 0 Å². The Bertz CT molecular complexity index is 696. The van der Waals surface area contributed by atoms with Crippen LogP contribution in [-0.4, -0.2) is 16.3 Å². The molecular formula is C19H25F2N3O. The maximum atomic E-state index is 13.8. The second-order valence-electron chi connectivity index (χ2n) is 6.61. The lowest BCUT2D eigenvalue weighted by Crippen LogP contribution is -2.14. The van der Waals surface area contributed by atoms with Crippen LogP contribution in [0.1, 0.15) is 43.9 Å². The summed E-state index contributed by atoms with van der Waals surface area (Å²) < 4.78 is 34.5. The number of aromatic nitrogens is 2. The third-order valence-electron chi connectivity index (χ3n) is 4.65. The molecule has 0 amide bonds. The summed E-state index contributed by atoms with van der Waals surface area (Å²) in [6.07, 6.45) is 4.98. The van der Waals surface area contributed by atoms with E-state index in [4.69, 9.17) is 4.74 Å². The summed E-state index contributed by atoms with van der Waals surface area (Å²) in [7, 11) is 0. The van der Waals surface area contributed by atoms with Crippen LogP contribution in [0.25, 0.3) is 0 Å². The Morgan fingerprint density at radius 2 is 2.04 bits per heavy atom. The van der Waals surface area contributed by atoms with E-state index in [1.165, 1.54) is 37.8 Å². The van der Waals surface area contributed by atoms with Crippen LogP contribution < -0.4 is 10.1 Å². The van der Waals surface area contributed by atoms with Gasteiger partial charge in [-0.25, -0.2) is 13.5 Å². The third kappa shape index (κ3) is 4.78. The minimum atomic E-state index is -0.588. The first-order valence-corrected chi connectivity index (χ1v) is 9.00. The number of nitrogens with one attached hydrogen (secondary N) is 1. The number of benzene rings is 1. The van der Waals surface area contributed by atoms with Gasteiger partial charge in [0.15, 0.2) is 0 Å². The second kappa shape index (κ2) is 8.43. The molecule has 1 aromatic carbocycles. The van der Waals surface area contributed by atoms with Crippen molar-refractivity contribution < 1.29 is 13.5 Å². The van der Waals surface area contributed by atoms with E-state index in [0.29, 0.717) is 23.9 Å². The highest BCUT2D eigenvalue weighted by Gasteiger charge is 2.19. The van der Waals surface area contributed by atoms with Gasteiger partial charge >= 0.3 is 0 Å². The SMILES string of the molecule is CCNCc1cc(OCc2ccc(F)cc2F)n(CC2CCCC2)n1. The van der Waals surface area contributed by atoms with Gasteiger partial charge in [0, 0.05) is 30.8 Å². The van der Waals surface area contributed by atoms with Gasteiger partial charge in [-0.2, -0.15) is 5.10 Å². The third-order valence-corrected chi connectivity index (χ3v) is 4.65. The number of halogens is 2. The largest absolute Gasteiger partial charge is 0.473 e. The van der Waals surface area contributed by atoms with Crippen LogP contribution in [0.4, 0.5) is 8.78 Å². The molecule has 1 aliphatic rings. The molecule has 0 spiro atoms. The van der Waals surface area contributed by atoms with Gasteiger partial charge in [-0.15, -0.1) is 0 Å². The van der Waals surface area contributed by atoms with Crippen LogP contribution >= 0.6 is 0 Å². The van der Waals surface area contributed by atoms with Crippen LogP contribution in [0.5, 0.6) is 5.88 Å². The van der Waals surface area contributed by atoms with E-state index in [1.54, 1.807) is 0 Å². The molecule has 0 radical (unpaired) electrons. The first kappa shape index (κ1) is 17.9. The summed E-state index contributed by atoms with van der Waals surface area (Å²) >= 11 is 0. The average Bonchev–Trinajstić information content (AvgIpc) is 3.23. The number of rotatable bonds is 8. The predicted octanol–water partition coefficient (Wildman–Crippen LogP) is 4.04. The maximum Gasteiger partial charge on any atom is 0.212 e. The lowest BCUT2D eigenvalue weighted by Gasteiger charge is -2.13. The van der Waals surface area contributed by atoms with Crippen LogP contribution in [0.15, 0.2) is 24.3 Å². The lowest BCUT2D eigenvalue weighted by atomic mass is 10.1. The molecule has 136 valence electrons. The van der Waals surface area contributed by atoms with E-state index in [1.807, 2.05) is 17.7 Å². The van der Waals surface area contributed by atoms with E-state index in [2.05, 4.69) is 10.4 Å². The summed E-state index contributed by atoms with van der Waals surface area (Å²) in [4.78, 5) is 0. The zero-order chi connectivity index (χ0) is 17.6. The Morgan fingerprint density at radius 3 is 2.76 bits per heavy atom. The normalized spacial score (nSPS) is 15.0. The molecule has 1 saturated carbocycles. The highest BCUT2D eigenvalue weighted by atomic mass is 19.1. The Balaban J connectivity index is 1.71. The summed E-state index contributed by atoms with van der Waals surface area (Å²) in [6.45, 7) is 4.47. The van der Waals surface area contributed by atoms with Crippen molar-refractivity contribution in [2.24, 2.45) is 5.92 Å². The molecule has 1 aliphatic carbocycles. The molecule has 0 aliphatic heterocycles. The van der Waals surface area contributed by atoms with Gasteiger partial charge in [-0.1, -0.05) is 19.8 Å². The van der Waals surface area contributed by atoms with E-state index in [9.17, 15) is 8.78 Å². The summed E-state index contributed by atoms with van der Waals surface area (Å²) in [5.74, 6) is 0.0931. The average molecular weight is 349 g/mol. The standard InChI is InChI=1S/C19H25F2N3O/c1-2-22-11-17-10-19(24(23-17)12-14-5-3-4-6-14)25-13-15-7-8-16(20)9-18(15)21/h7-10,14,22H,2-6,11-13H2,1H3.